The Hall–Kier alpha value is -3.79. The predicted octanol–water partition coefficient (Wildman–Crippen LogP) is 5.13. The van der Waals surface area contributed by atoms with Crippen LogP contribution in [0.4, 0.5) is 0 Å². The van der Waals surface area contributed by atoms with Gasteiger partial charge in [0, 0.05) is 17.3 Å². The summed E-state index contributed by atoms with van der Waals surface area (Å²) in [5, 5.41) is 4.68. The summed E-state index contributed by atoms with van der Waals surface area (Å²) in [6.07, 6.45) is 1.78. The molecule has 4 heteroatoms. The van der Waals surface area contributed by atoms with E-state index < -0.39 is 0 Å². The van der Waals surface area contributed by atoms with Crippen LogP contribution in [-0.2, 0) is 0 Å². The van der Waals surface area contributed by atoms with Gasteiger partial charge in [0.1, 0.15) is 0 Å². The minimum atomic E-state index is 0.596. The molecule has 0 N–H and O–H groups in total. The van der Waals surface area contributed by atoms with E-state index in [1.54, 1.807) is 10.7 Å². The molecule has 0 saturated carbocycles. The summed E-state index contributed by atoms with van der Waals surface area (Å²) in [7, 11) is 0. The van der Waals surface area contributed by atoms with Crippen LogP contribution >= 0.6 is 0 Å². The summed E-state index contributed by atoms with van der Waals surface area (Å²) in [4.78, 5) is 8.94. The lowest BCUT2D eigenvalue weighted by Crippen LogP contribution is -1.96. The first-order chi connectivity index (χ1) is 13.4. The molecule has 0 aliphatic heterocycles. The number of benzene rings is 3. The number of aromatic nitrogens is 4. The van der Waals surface area contributed by atoms with Crippen molar-refractivity contribution in [2.24, 2.45) is 0 Å². The van der Waals surface area contributed by atoms with Gasteiger partial charge in [-0.1, -0.05) is 84.9 Å². The molecule has 128 valence electrons. The zero-order valence-corrected chi connectivity index (χ0v) is 14.5. The molecule has 0 spiro atoms. The van der Waals surface area contributed by atoms with Crippen molar-refractivity contribution in [3.63, 3.8) is 0 Å². The van der Waals surface area contributed by atoms with Gasteiger partial charge in [0.25, 0.3) is 5.78 Å². The minimum absolute atomic E-state index is 0.596. The maximum Gasteiger partial charge on any atom is 0.253 e. The van der Waals surface area contributed by atoms with Gasteiger partial charge in [-0.25, -0.2) is 4.98 Å². The fourth-order valence-electron chi connectivity index (χ4n) is 3.19. The van der Waals surface area contributed by atoms with E-state index in [-0.39, 0.29) is 0 Å². The van der Waals surface area contributed by atoms with Gasteiger partial charge in [-0.15, -0.1) is 5.10 Å². The zero-order valence-electron chi connectivity index (χ0n) is 14.5. The van der Waals surface area contributed by atoms with Gasteiger partial charge in [-0.05, 0) is 17.2 Å². The lowest BCUT2D eigenvalue weighted by Gasteiger charge is -2.06. The van der Waals surface area contributed by atoms with Crippen LogP contribution in [0.3, 0.4) is 0 Å². The van der Waals surface area contributed by atoms with Gasteiger partial charge >= 0.3 is 0 Å². The third-order valence-electron chi connectivity index (χ3n) is 4.56. The number of rotatable bonds is 3. The summed E-state index contributed by atoms with van der Waals surface area (Å²) >= 11 is 0. The highest BCUT2D eigenvalue weighted by molar-refractivity contribution is 5.70. The van der Waals surface area contributed by atoms with E-state index in [9.17, 15) is 0 Å². The summed E-state index contributed by atoms with van der Waals surface area (Å²) in [5.74, 6) is 1.27. The van der Waals surface area contributed by atoms with Crippen LogP contribution in [0.1, 0.15) is 0 Å². The fourth-order valence-corrected chi connectivity index (χ4v) is 3.19. The van der Waals surface area contributed by atoms with E-state index in [1.807, 2.05) is 42.5 Å². The average Bonchev–Trinajstić information content (AvgIpc) is 3.20. The van der Waals surface area contributed by atoms with Crippen LogP contribution in [-0.4, -0.2) is 19.6 Å². The molecule has 4 nitrogen and oxygen atoms in total. The van der Waals surface area contributed by atoms with Crippen LogP contribution in [0.5, 0.6) is 0 Å². The molecule has 27 heavy (non-hydrogen) atoms. The molecule has 0 saturated heterocycles. The molecule has 0 fully saturated rings. The van der Waals surface area contributed by atoms with Crippen LogP contribution in [0.2, 0.25) is 0 Å². The summed E-state index contributed by atoms with van der Waals surface area (Å²) in [6, 6.07) is 30.8. The van der Waals surface area contributed by atoms with Gasteiger partial charge < -0.3 is 0 Å². The Morgan fingerprint density at radius 2 is 1.15 bits per heavy atom. The Labute approximate surface area is 156 Å². The molecular weight excluding hydrogens is 332 g/mol. The van der Waals surface area contributed by atoms with Gasteiger partial charge in [-0.3, -0.25) is 0 Å². The van der Waals surface area contributed by atoms with Crippen molar-refractivity contribution in [2.75, 3.05) is 0 Å². The molecule has 0 aliphatic rings. The number of hydrogen-bond donors (Lipinski definition) is 0. The van der Waals surface area contributed by atoms with Crippen molar-refractivity contribution in [1.29, 1.82) is 0 Å². The Balaban J connectivity index is 1.58. The fraction of sp³-hybridized carbons (Fsp3) is 0. The Kier molecular flexibility index (Phi) is 3.72. The second-order valence-electron chi connectivity index (χ2n) is 6.29. The first-order valence-electron chi connectivity index (χ1n) is 8.81. The van der Waals surface area contributed by atoms with Crippen molar-refractivity contribution < 1.29 is 0 Å². The molecule has 0 radical (unpaired) electrons. The van der Waals surface area contributed by atoms with E-state index in [1.165, 1.54) is 11.1 Å². The number of fused-ring (bicyclic) bond motifs is 1. The smallest absolute Gasteiger partial charge is 0.220 e. The molecule has 0 atom stereocenters. The molecule has 2 aromatic heterocycles. The summed E-state index contributed by atoms with van der Waals surface area (Å²) < 4.78 is 1.81. The Bertz CT molecular complexity index is 1190. The van der Waals surface area contributed by atoms with Gasteiger partial charge in [0.15, 0.2) is 5.82 Å². The van der Waals surface area contributed by atoms with E-state index in [4.69, 9.17) is 0 Å². The topological polar surface area (TPSA) is 43.1 Å². The largest absolute Gasteiger partial charge is 0.253 e. The van der Waals surface area contributed by atoms with Crippen molar-refractivity contribution in [3.8, 4) is 33.8 Å². The van der Waals surface area contributed by atoms with Crippen molar-refractivity contribution in [1.82, 2.24) is 19.6 Å². The zero-order chi connectivity index (χ0) is 18.1. The molecule has 3 aromatic carbocycles. The number of hydrogen-bond acceptors (Lipinski definition) is 3. The molecule has 0 bridgehead atoms. The average molecular weight is 348 g/mol. The SMILES string of the molecule is c1ccc(-c2ccc(-c3ccnc4nc(-c5ccccc5)nn34)cc2)cc1. The van der Waals surface area contributed by atoms with Crippen molar-refractivity contribution in [3.05, 3.63) is 97.2 Å². The van der Waals surface area contributed by atoms with E-state index >= 15 is 0 Å². The lowest BCUT2D eigenvalue weighted by atomic mass is 10.0. The molecule has 0 aliphatic carbocycles. The number of nitrogens with zero attached hydrogens (tertiary/aromatic N) is 4. The minimum Gasteiger partial charge on any atom is -0.220 e. The second kappa shape index (κ2) is 6.50. The summed E-state index contributed by atoms with van der Waals surface area (Å²) in [5.41, 5.74) is 5.42. The van der Waals surface area contributed by atoms with E-state index in [0.717, 1.165) is 16.8 Å². The Morgan fingerprint density at radius 3 is 1.85 bits per heavy atom. The molecule has 5 aromatic rings. The van der Waals surface area contributed by atoms with Crippen LogP contribution in [0.25, 0.3) is 39.5 Å². The highest BCUT2D eigenvalue weighted by Gasteiger charge is 2.11. The first-order valence-corrected chi connectivity index (χ1v) is 8.81. The van der Waals surface area contributed by atoms with Gasteiger partial charge in [-0.2, -0.15) is 9.50 Å². The quantitative estimate of drug-likeness (QED) is 0.454. The lowest BCUT2D eigenvalue weighted by molar-refractivity contribution is 0.951. The summed E-state index contributed by atoms with van der Waals surface area (Å²) in [6.45, 7) is 0. The van der Waals surface area contributed by atoms with E-state index in [0.29, 0.717) is 11.6 Å². The van der Waals surface area contributed by atoms with Crippen molar-refractivity contribution >= 4 is 5.78 Å². The van der Waals surface area contributed by atoms with Crippen molar-refractivity contribution in [2.45, 2.75) is 0 Å². The molecule has 5 rings (SSSR count). The third-order valence-corrected chi connectivity index (χ3v) is 4.56. The maximum absolute atomic E-state index is 4.68. The second-order valence-corrected chi connectivity index (χ2v) is 6.29. The standard InChI is InChI=1S/C23H16N4/c1-3-7-17(8-4-1)18-11-13-19(14-12-18)21-15-16-24-23-25-22(26-27(21)23)20-9-5-2-6-10-20/h1-16H. The normalized spacial score (nSPS) is 11.0. The Morgan fingerprint density at radius 1 is 0.556 bits per heavy atom. The molecular formula is C23H16N4. The molecule has 0 amide bonds. The van der Waals surface area contributed by atoms with Crippen LogP contribution < -0.4 is 0 Å². The monoisotopic (exact) mass is 348 g/mol. The highest BCUT2D eigenvalue weighted by atomic mass is 15.3. The highest BCUT2D eigenvalue weighted by Crippen LogP contribution is 2.25. The van der Waals surface area contributed by atoms with Gasteiger partial charge in [0.2, 0.25) is 0 Å². The first kappa shape index (κ1) is 15.5. The van der Waals surface area contributed by atoms with E-state index in [2.05, 4.69) is 63.6 Å². The van der Waals surface area contributed by atoms with Crippen LogP contribution in [0, 0.1) is 0 Å². The third kappa shape index (κ3) is 2.87. The maximum atomic E-state index is 4.68. The van der Waals surface area contributed by atoms with Gasteiger partial charge in [0.05, 0.1) is 5.69 Å². The van der Waals surface area contributed by atoms with Crippen LogP contribution in [0.15, 0.2) is 97.2 Å². The molecule has 2 heterocycles. The predicted molar refractivity (Wildman–Crippen MR) is 107 cm³/mol. The molecule has 0 unspecified atom stereocenters.